The van der Waals surface area contributed by atoms with Crippen LogP contribution in [0, 0.1) is 0 Å². The second-order valence-corrected chi connectivity index (χ2v) is 4.61. The van der Waals surface area contributed by atoms with Gasteiger partial charge in [-0.1, -0.05) is 25.1 Å². The van der Waals surface area contributed by atoms with E-state index in [0.29, 0.717) is 12.0 Å². The normalized spacial score (nSPS) is 13.7. The van der Waals surface area contributed by atoms with Crippen molar-refractivity contribution in [1.82, 2.24) is 4.98 Å². The van der Waals surface area contributed by atoms with Crippen molar-refractivity contribution < 1.29 is 13.5 Å². The van der Waals surface area contributed by atoms with Crippen LogP contribution in [0.2, 0.25) is 0 Å². The maximum Gasteiger partial charge on any atom is 0.356 e. The fraction of sp³-hybridized carbons (Fsp3) is 0.400. The molecule has 1 atom stereocenters. The summed E-state index contributed by atoms with van der Waals surface area (Å²) in [7, 11) is 0. The number of rotatable bonds is 5. The van der Waals surface area contributed by atoms with Crippen LogP contribution >= 0.6 is 0 Å². The van der Waals surface area contributed by atoms with Crippen LogP contribution in [0.5, 0.6) is 0 Å². The summed E-state index contributed by atoms with van der Waals surface area (Å²) in [5.41, 5.74) is 1.51. The van der Waals surface area contributed by atoms with Crippen molar-refractivity contribution in [2.24, 2.45) is 0 Å². The number of hydrogen-bond acceptors (Lipinski definition) is 2. The molecule has 0 aliphatic heterocycles. The zero-order valence-corrected chi connectivity index (χ0v) is 11.1. The molecule has 0 bridgehead atoms. The van der Waals surface area contributed by atoms with E-state index in [-0.39, 0.29) is 6.42 Å². The van der Waals surface area contributed by atoms with Crippen molar-refractivity contribution >= 4 is 10.9 Å². The van der Waals surface area contributed by atoms with Gasteiger partial charge in [0, 0.05) is 18.0 Å². The highest BCUT2D eigenvalue weighted by Gasteiger charge is 2.31. The smallest absolute Gasteiger partial charge is 0.313 e. The largest absolute Gasteiger partial charge is 0.356 e. The van der Waals surface area contributed by atoms with Gasteiger partial charge in [-0.05, 0) is 31.0 Å². The lowest BCUT2D eigenvalue weighted by atomic mass is 10.1. The average molecular weight is 265 g/mol. The quantitative estimate of drug-likeness (QED) is 0.781. The topological polar surface area (TPSA) is 22.1 Å². The lowest BCUT2D eigenvalue weighted by molar-refractivity contribution is -0.265. The van der Waals surface area contributed by atoms with Crippen molar-refractivity contribution in [1.29, 1.82) is 0 Å². The zero-order chi connectivity index (χ0) is 13.9. The van der Waals surface area contributed by atoms with Crippen LogP contribution in [-0.4, -0.2) is 11.1 Å². The minimum atomic E-state index is -3.08. The van der Waals surface area contributed by atoms with E-state index in [4.69, 9.17) is 4.74 Å². The fourth-order valence-corrected chi connectivity index (χ4v) is 1.99. The number of fused-ring (bicyclic) bond motifs is 1. The Labute approximate surface area is 111 Å². The summed E-state index contributed by atoms with van der Waals surface area (Å²) in [6.45, 7) is 3.33. The standard InChI is InChI=1S/C15H17F2NO/c1-3-8-15(16,17)19-11(2)13-9-12-6-4-5-7-14(12)18-10-13/h4-7,9-11H,3,8H2,1-2H3. The second-order valence-electron chi connectivity index (χ2n) is 4.61. The van der Waals surface area contributed by atoms with Crippen LogP contribution < -0.4 is 0 Å². The van der Waals surface area contributed by atoms with Crippen LogP contribution in [0.1, 0.15) is 38.4 Å². The molecule has 0 radical (unpaired) electrons. The molecular formula is C15H17F2NO. The van der Waals surface area contributed by atoms with E-state index in [1.807, 2.05) is 30.3 Å². The van der Waals surface area contributed by atoms with E-state index in [9.17, 15) is 8.78 Å². The lowest BCUT2D eigenvalue weighted by Crippen LogP contribution is -2.22. The molecule has 0 aliphatic rings. The molecule has 1 unspecified atom stereocenters. The molecule has 2 rings (SSSR count). The highest BCUT2D eigenvalue weighted by atomic mass is 19.3. The van der Waals surface area contributed by atoms with Gasteiger partial charge < -0.3 is 4.74 Å². The van der Waals surface area contributed by atoms with Crippen molar-refractivity contribution in [3.63, 3.8) is 0 Å². The first-order valence-electron chi connectivity index (χ1n) is 6.42. The summed E-state index contributed by atoms with van der Waals surface area (Å²) < 4.78 is 31.7. The van der Waals surface area contributed by atoms with Crippen molar-refractivity contribution in [3.8, 4) is 0 Å². The molecule has 102 valence electrons. The molecule has 2 nitrogen and oxygen atoms in total. The van der Waals surface area contributed by atoms with Crippen LogP contribution in [0.4, 0.5) is 8.78 Å². The molecule has 0 saturated carbocycles. The van der Waals surface area contributed by atoms with Gasteiger partial charge in [0.1, 0.15) is 0 Å². The van der Waals surface area contributed by atoms with Crippen molar-refractivity contribution in [2.75, 3.05) is 0 Å². The number of ether oxygens (including phenoxy) is 1. The van der Waals surface area contributed by atoms with Gasteiger partial charge in [-0.2, -0.15) is 8.78 Å². The molecule has 2 aromatic rings. The van der Waals surface area contributed by atoms with Gasteiger partial charge in [0.15, 0.2) is 0 Å². The first-order chi connectivity index (χ1) is 9.02. The van der Waals surface area contributed by atoms with Gasteiger partial charge in [-0.25, -0.2) is 0 Å². The Morgan fingerprint density at radius 3 is 2.79 bits per heavy atom. The fourth-order valence-electron chi connectivity index (χ4n) is 1.99. The molecule has 1 aromatic carbocycles. The number of benzene rings is 1. The minimum absolute atomic E-state index is 0.266. The molecule has 1 heterocycles. The Bertz CT molecular complexity index is 557. The number of nitrogens with zero attached hydrogens (tertiary/aromatic N) is 1. The van der Waals surface area contributed by atoms with E-state index < -0.39 is 12.2 Å². The van der Waals surface area contributed by atoms with E-state index in [1.54, 1.807) is 20.0 Å². The van der Waals surface area contributed by atoms with E-state index in [2.05, 4.69) is 4.98 Å². The molecule has 1 aromatic heterocycles. The Balaban J connectivity index is 2.19. The van der Waals surface area contributed by atoms with Gasteiger partial charge in [0.05, 0.1) is 11.6 Å². The van der Waals surface area contributed by atoms with Crippen LogP contribution in [0.3, 0.4) is 0 Å². The molecular weight excluding hydrogens is 248 g/mol. The number of pyridine rings is 1. The monoisotopic (exact) mass is 265 g/mol. The number of alkyl halides is 2. The molecule has 0 amide bonds. The average Bonchev–Trinajstić information content (AvgIpc) is 2.37. The summed E-state index contributed by atoms with van der Waals surface area (Å²) in [5, 5.41) is 0.925. The minimum Gasteiger partial charge on any atom is -0.313 e. The summed E-state index contributed by atoms with van der Waals surface area (Å²) in [5.74, 6) is 0. The summed E-state index contributed by atoms with van der Waals surface area (Å²) in [6, 6.07) is 9.42. The summed E-state index contributed by atoms with van der Waals surface area (Å²) >= 11 is 0. The van der Waals surface area contributed by atoms with E-state index in [1.165, 1.54) is 0 Å². The van der Waals surface area contributed by atoms with E-state index in [0.717, 1.165) is 10.9 Å². The van der Waals surface area contributed by atoms with Crippen molar-refractivity contribution in [2.45, 2.75) is 38.9 Å². The first kappa shape index (κ1) is 13.9. The molecule has 0 N–H and O–H groups in total. The highest BCUT2D eigenvalue weighted by Crippen LogP contribution is 2.30. The number of aromatic nitrogens is 1. The van der Waals surface area contributed by atoms with Crippen LogP contribution in [-0.2, 0) is 4.74 Å². The molecule has 0 spiro atoms. The lowest BCUT2D eigenvalue weighted by Gasteiger charge is -2.21. The third kappa shape index (κ3) is 3.47. The zero-order valence-electron chi connectivity index (χ0n) is 11.1. The van der Waals surface area contributed by atoms with Gasteiger partial charge in [0.25, 0.3) is 0 Å². The SMILES string of the molecule is CCCC(F)(F)OC(C)c1cnc2ccccc2c1. The highest BCUT2D eigenvalue weighted by molar-refractivity contribution is 5.78. The first-order valence-corrected chi connectivity index (χ1v) is 6.42. The van der Waals surface area contributed by atoms with Gasteiger partial charge >= 0.3 is 6.11 Å². The Kier molecular flexibility index (Phi) is 4.10. The third-order valence-electron chi connectivity index (χ3n) is 2.97. The van der Waals surface area contributed by atoms with Crippen LogP contribution in [0.15, 0.2) is 36.5 Å². The maximum absolute atomic E-state index is 13.4. The third-order valence-corrected chi connectivity index (χ3v) is 2.97. The van der Waals surface area contributed by atoms with Crippen LogP contribution in [0.25, 0.3) is 10.9 Å². The van der Waals surface area contributed by atoms with Gasteiger partial charge in [-0.15, -0.1) is 0 Å². The molecule has 19 heavy (non-hydrogen) atoms. The summed E-state index contributed by atoms with van der Waals surface area (Å²) in [6.07, 6.45) is -2.05. The molecule has 4 heteroatoms. The number of hydrogen-bond donors (Lipinski definition) is 0. The molecule has 0 fully saturated rings. The predicted molar refractivity (Wildman–Crippen MR) is 71.1 cm³/mol. The molecule has 0 aliphatic carbocycles. The Morgan fingerprint density at radius 2 is 2.05 bits per heavy atom. The number of para-hydroxylation sites is 1. The van der Waals surface area contributed by atoms with Gasteiger partial charge in [0.2, 0.25) is 0 Å². The number of halogens is 2. The summed E-state index contributed by atoms with van der Waals surface area (Å²) in [4.78, 5) is 4.25. The second kappa shape index (κ2) is 5.61. The molecule has 0 saturated heterocycles. The Morgan fingerprint density at radius 1 is 1.32 bits per heavy atom. The van der Waals surface area contributed by atoms with Gasteiger partial charge in [-0.3, -0.25) is 4.98 Å². The maximum atomic E-state index is 13.4. The van der Waals surface area contributed by atoms with Crippen molar-refractivity contribution in [3.05, 3.63) is 42.1 Å². The predicted octanol–water partition coefficient (Wildman–Crippen LogP) is 4.71. The van der Waals surface area contributed by atoms with E-state index >= 15 is 0 Å². The Hall–Kier alpha value is -1.55.